The lowest BCUT2D eigenvalue weighted by molar-refractivity contribution is -0.115. The molecule has 0 aromatic carbocycles. The highest BCUT2D eigenvalue weighted by Crippen LogP contribution is 2.16. The van der Waals surface area contributed by atoms with Crippen molar-refractivity contribution in [2.75, 3.05) is 5.32 Å². The number of amides is 1. The maximum absolute atomic E-state index is 12.0. The molecule has 0 aliphatic rings. The Labute approximate surface area is 113 Å². The van der Waals surface area contributed by atoms with Crippen LogP contribution in [-0.4, -0.2) is 20.5 Å². The van der Waals surface area contributed by atoms with E-state index in [4.69, 9.17) is 0 Å². The zero-order valence-corrected chi connectivity index (χ0v) is 11.1. The molecule has 0 bridgehead atoms. The zero-order valence-electron chi connectivity index (χ0n) is 10.3. The molecular formula is C13H12N4OS. The number of carbonyl (C=O) groups excluding carboxylic acids is 1. The standard InChI is InChI=1S/C13H12N4OS/c1-9-15-16-13-11(3-2-5-17(9)13)14-12(18)7-10-4-6-19-8-10/h2-6,8H,7H2,1H3,(H,14,18). The fourth-order valence-corrected chi connectivity index (χ4v) is 2.57. The van der Waals surface area contributed by atoms with Gasteiger partial charge in [-0.25, -0.2) is 0 Å². The smallest absolute Gasteiger partial charge is 0.228 e. The van der Waals surface area contributed by atoms with Crippen molar-refractivity contribution in [3.8, 4) is 0 Å². The first-order valence-electron chi connectivity index (χ1n) is 5.85. The number of aryl methyl sites for hydroxylation is 1. The number of hydrogen-bond acceptors (Lipinski definition) is 4. The number of thiophene rings is 1. The quantitative estimate of drug-likeness (QED) is 0.795. The Morgan fingerprint density at radius 1 is 1.42 bits per heavy atom. The highest BCUT2D eigenvalue weighted by Gasteiger charge is 2.10. The topological polar surface area (TPSA) is 59.3 Å². The summed E-state index contributed by atoms with van der Waals surface area (Å²) in [6.07, 6.45) is 2.25. The maximum Gasteiger partial charge on any atom is 0.228 e. The Morgan fingerprint density at radius 2 is 2.32 bits per heavy atom. The Hall–Kier alpha value is -2.21. The number of rotatable bonds is 3. The van der Waals surface area contributed by atoms with E-state index < -0.39 is 0 Å². The maximum atomic E-state index is 12.0. The van der Waals surface area contributed by atoms with Crippen molar-refractivity contribution in [3.63, 3.8) is 0 Å². The van der Waals surface area contributed by atoms with Crippen LogP contribution in [-0.2, 0) is 11.2 Å². The average Bonchev–Trinajstić information content (AvgIpc) is 3.01. The number of aromatic nitrogens is 3. The molecule has 0 atom stereocenters. The van der Waals surface area contributed by atoms with Gasteiger partial charge in [-0.1, -0.05) is 0 Å². The summed E-state index contributed by atoms with van der Waals surface area (Å²) in [4.78, 5) is 12.0. The van der Waals surface area contributed by atoms with Gasteiger partial charge in [-0.15, -0.1) is 10.2 Å². The molecule has 0 saturated heterocycles. The van der Waals surface area contributed by atoms with Gasteiger partial charge in [0.15, 0.2) is 5.65 Å². The van der Waals surface area contributed by atoms with E-state index in [2.05, 4.69) is 15.5 Å². The number of hydrogen-bond donors (Lipinski definition) is 1. The van der Waals surface area contributed by atoms with Crippen molar-refractivity contribution >= 4 is 28.6 Å². The zero-order chi connectivity index (χ0) is 13.2. The average molecular weight is 272 g/mol. The molecule has 1 amide bonds. The van der Waals surface area contributed by atoms with Crippen molar-refractivity contribution in [2.24, 2.45) is 0 Å². The Kier molecular flexibility index (Phi) is 3.00. The van der Waals surface area contributed by atoms with Gasteiger partial charge < -0.3 is 5.32 Å². The Balaban J connectivity index is 1.83. The first kappa shape index (κ1) is 11.9. The molecule has 0 aliphatic carbocycles. The minimum absolute atomic E-state index is 0.0489. The fourth-order valence-electron chi connectivity index (χ4n) is 1.90. The molecule has 6 heteroatoms. The van der Waals surface area contributed by atoms with Crippen LogP contribution < -0.4 is 5.32 Å². The van der Waals surface area contributed by atoms with Crippen molar-refractivity contribution in [3.05, 3.63) is 46.5 Å². The van der Waals surface area contributed by atoms with Crippen molar-refractivity contribution in [1.82, 2.24) is 14.6 Å². The minimum Gasteiger partial charge on any atom is -0.323 e. The molecule has 96 valence electrons. The summed E-state index contributed by atoms with van der Waals surface area (Å²) in [5, 5.41) is 14.9. The molecule has 5 nitrogen and oxygen atoms in total. The van der Waals surface area contributed by atoms with E-state index in [1.165, 1.54) is 0 Å². The van der Waals surface area contributed by atoms with E-state index in [9.17, 15) is 4.79 Å². The van der Waals surface area contributed by atoms with Crippen LogP contribution in [0.2, 0.25) is 0 Å². The molecule has 0 unspecified atom stereocenters. The predicted octanol–water partition coefficient (Wildman–Crippen LogP) is 2.28. The molecule has 3 aromatic heterocycles. The van der Waals surface area contributed by atoms with Crippen LogP contribution in [0.3, 0.4) is 0 Å². The lowest BCUT2D eigenvalue weighted by Gasteiger charge is -2.05. The Bertz CT molecular complexity index is 717. The summed E-state index contributed by atoms with van der Waals surface area (Å²) in [5.74, 6) is 0.746. The van der Waals surface area contributed by atoms with Crippen LogP contribution in [0, 0.1) is 6.92 Å². The highest BCUT2D eigenvalue weighted by molar-refractivity contribution is 7.08. The Morgan fingerprint density at radius 3 is 3.11 bits per heavy atom. The number of pyridine rings is 1. The monoisotopic (exact) mass is 272 g/mol. The van der Waals surface area contributed by atoms with Gasteiger partial charge in [0.1, 0.15) is 5.82 Å². The third-order valence-corrected chi connectivity index (χ3v) is 3.56. The van der Waals surface area contributed by atoms with Gasteiger partial charge in [0.05, 0.1) is 12.1 Å². The van der Waals surface area contributed by atoms with Gasteiger partial charge in [0, 0.05) is 6.20 Å². The molecule has 3 aromatic rings. The van der Waals surface area contributed by atoms with Gasteiger partial charge >= 0.3 is 0 Å². The second-order valence-corrected chi connectivity index (χ2v) is 5.00. The molecule has 1 N–H and O–H groups in total. The highest BCUT2D eigenvalue weighted by atomic mass is 32.1. The van der Waals surface area contributed by atoms with E-state index in [1.54, 1.807) is 11.3 Å². The van der Waals surface area contributed by atoms with Crippen molar-refractivity contribution in [1.29, 1.82) is 0 Å². The summed E-state index contributed by atoms with van der Waals surface area (Å²) >= 11 is 1.59. The number of nitrogens with one attached hydrogen (secondary N) is 1. The van der Waals surface area contributed by atoms with Crippen LogP contribution in [0.25, 0.3) is 5.65 Å². The van der Waals surface area contributed by atoms with Crippen LogP contribution in [0.15, 0.2) is 35.2 Å². The van der Waals surface area contributed by atoms with E-state index in [0.29, 0.717) is 17.8 Å². The summed E-state index contributed by atoms with van der Waals surface area (Å²) < 4.78 is 1.85. The molecule has 0 saturated carbocycles. The molecule has 0 radical (unpaired) electrons. The summed E-state index contributed by atoms with van der Waals surface area (Å²) in [6.45, 7) is 1.87. The van der Waals surface area contributed by atoms with Gasteiger partial charge in [-0.05, 0) is 41.4 Å². The predicted molar refractivity (Wildman–Crippen MR) is 74.4 cm³/mol. The number of anilines is 1. The van der Waals surface area contributed by atoms with Crippen LogP contribution in [0.1, 0.15) is 11.4 Å². The van der Waals surface area contributed by atoms with E-state index in [1.807, 2.05) is 46.5 Å². The molecule has 0 fully saturated rings. The van der Waals surface area contributed by atoms with Gasteiger partial charge in [0.2, 0.25) is 5.91 Å². The number of fused-ring (bicyclic) bond motifs is 1. The first-order chi connectivity index (χ1) is 9.24. The summed E-state index contributed by atoms with van der Waals surface area (Å²) in [6, 6.07) is 5.64. The molecule has 0 spiro atoms. The molecule has 19 heavy (non-hydrogen) atoms. The second kappa shape index (κ2) is 4.81. The lowest BCUT2D eigenvalue weighted by atomic mass is 10.2. The summed E-state index contributed by atoms with van der Waals surface area (Å²) in [5.41, 5.74) is 2.37. The van der Waals surface area contributed by atoms with Gasteiger partial charge in [-0.3, -0.25) is 9.20 Å². The third kappa shape index (κ3) is 2.34. The number of carbonyl (C=O) groups is 1. The van der Waals surface area contributed by atoms with Crippen molar-refractivity contribution in [2.45, 2.75) is 13.3 Å². The van der Waals surface area contributed by atoms with Gasteiger partial charge in [0.25, 0.3) is 0 Å². The lowest BCUT2D eigenvalue weighted by Crippen LogP contribution is -2.14. The van der Waals surface area contributed by atoms with Crippen LogP contribution in [0.4, 0.5) is 5.69 Å². The third-order valence-electron chi connectivity index (χ3n) is 2.82. The van der Waals surface area contributed by atoms with E-state index in [0.717, 1.165) is 11.4 Å². The van der Waals surface area contributed by atoms with Crippen molar-refractivity contribution < 1.29 is 4.79 Å². The molecule has 3 heterocycles. The normalized spacial score (nSPS) is 10.8. The molecular weight excluding hydrogens is 260 g/mol. The van der Waals surface area contributed by atoms with Crippen LogP contribution in [0.5, 0.6) is 0 Å². The summed E-state index contributed by atoms with van der Waals surface area (Å²) in [7, 11) is 0. The first-order valence-corrected chi connectivity index (χ1v) is 6.79. The number of nitrogens with zero attached hydrogens (tertiary/aromatic N) is 3. The van der Waals surface area contributed by atoms with E-state index in [-0.39, 0.29) is 5.91 Å². The molecule has 3 rings (SSSR count). The molecule has 0 aliphatic heterocycles. The SMILES string of the molecule is Cc1nnc2c(NC(=O)Cc3ccsc3)cccn12. The fraction of sp³-hybridized carbons (Fsp3) is 0.154. The second-order valence-electron chi connectivity index (χ2n) is 4.22. The van der Waals surface area contributed by atoms with E-state index >= 15 is 0 Å². The van der Waals surface area contributed by atoms with Crippen LogP contribution >= 0.6 is 11.3 Å². The van der Waals surface area contributed by atoms with Gasteiger partial charge in [-0.2, -0.15) is 11.3 Å². The largest absolute Gasteiger partial charge is 0.323 e. The minimum atomic E-state index is -0.0489.